The molecule has 3 aromatic rings. The molecule has 2 N–H and O–H groups in total. The van der Waals surface area contributed by atoms with Gasteiger partial charge in [-0.2, -0.15) is 0 Å². The molecule has 6 nitrogen and oxygen atoms in total. The summed E-state index contributed by atoms with van der Waals surface area (Å²) in [5.41, 5.74) is 3.42. The van der Waals surface area contributed by atoms with Gasteiger partial charge < -0.3 is 10.1 Å². The molecule has 0 bridgehead atoms. The first-order chi connectivity index (χ1) is 10.0. The molecule has 0 aliphatic rings. The second-order valence-corrected chi connectivity index (χ2v) is 4.82. The first kappa shape index (κ1) is 13.1. The van der Waals surface area contributed by atoms with Gasteiger partial charge in [0.25, 0.3) is 0 Å². The lowest BCUT2D eigenvalue weighted by Gasteiger charge is -2.03. The van der Waals surface area contributed by atoms with E-state index in [2.05, 4.69) is 9.97 Å². The number of aryl methyl sites for hydroxylation is 1. The number of aromatic amines is 1. The lowest BCUT2D eigenvalue weighted by Crippen LogP contribution is -2.12. The van der Waals surface area contributed by atoms with E-state index in [-0.39, 0.29) is 12.1 Å². The van der Waals surface area contributed by atoms with Crippen LogP contribution in [0, 0.1) is 0 Å². The van der Waals surface area contributed by atoms with Crippen molar-refractivity contribution in [3.63, 3.8) is 0 Å². The van der Waals surface area contributed by atoms with Crippen molar-refractivity contribution in [1.29, 1.82) is 0 Å². The van der Waals surface area contributed by atoms with Crippen LogP contribution >= 0.6 is 0 Å². The summed E-state index contributed by atoms with van der Waals surface area (Å²) in [7, 11) is 1.66. The van der Waals surface area contributed by atoms with E-state index < -0.39 is 5.97 Å². The van der Waals surface area contributed by atoms with E-state index in [1.807, 2.05) is 24.3 Å². The van der Waals surface area contributed by atoms with Gasteiger partial charge in [-0.1, -0.05) is 24.3 Å². The largest absolute Gasteiger partial charge is 0.481 e. The average molecular weight is 283 g/mol. The summed E-state index contributed by atoms with van der Waals surface area (Å²) in [4.78, 5) is 29.4. The maximum Gasteiger partial charge on any atom is 0.327 e. The van der Waals surface area contributed by atoms with Gasteiger partial charge in [0.15, 0.2) is 5.65 Å². The van der Waals surface area contributed by atoms with Gasteiger partial charge in [-0.3, -0.25) is 9.36 Å². The Morgan fingerprint density at radius 2 is 1.95 bits per heavy atom. The average Bonchev–Trinajstić information content (AvgIpc) is 2.74. The lowest BCUT2D eigenvalue weighted by molar-refractivity contribution is -0.136. The highest BCUT2D eigenvalue weighted by molar-refractivity contribution is 5.75. The Morgan fingerprint density at radius 3 is 2.62 bits per heavy atom. The van der Waals surface area contributed by atoms with Crippen molar-refractivity contribution >= 4 is 17.1 Å². The number of aliphatic carboxylic acids is 1. The molecule has 0 radical (unpaired) electrons. The number of pyridine rings is 1. The van der Waals surface area contributed by atoms with Gasteiger partial charge in [-0.15, -0.1) is 0 Å². The van der Waals surface area contributed by atoms with Crippen molar-refractivity contribution < 1.29 is 9.90 Å². The third-order valence-corrected chi connectivity index (χ3v) is 3.34. The standard InChI is InChI=1S/C15H13N3O3/c1-18-14-12(17-15(18)21)7-6-11(16-14)10-4-2-9(3-5-10)8-13(19)20/h2-7H,8H2,1H3,(H,17,21)(H,19,20). The van der Waals surface area contributed by atoms with Crippen LogP contribution in [0.1, 0.15) is 5.56 Å². The van der Waals surface area contributed by atoms with Crippen LogP contribution in [-0.2, 0) is 18.3 Å². The summed E-state index contributed by atoms with van der Waals surface area (Å²) >= 11 is 0. The zero-order valence-corrected chi connectivity index (χ0v) is 11.3. The minimum atomic E-state index is -0.857. The predicted octanol–water partition coefficient (Wildman–Crippen LogP) is 1.56. The predicted molar refractivity (Wildman–Crippen MR) is 78.1 cm³/mol. The first-order valence-electron chi connectivity index (χ1n) is 6.41. The molecule has 0 aliphatic carbocycles. The number of carboxylic acids is 1. The number of carbonyl (C=O) groups is 1. The van der Waals surface area contributed by atoms with Gasteiger partial charge in [0.2, 0.25) is 0 Å². The van der Waals surface area contributed by atoms with Gasteiger partial charge in [-0.25, -0.2) is 9.78 Å². The molecule has 21 heavy (non-hydrogen) atoms. The smallest absolute Gasteiger partial charge is 0.327 e. The van der Waals surface area contributed by atoms with Crippen LogP contribution in [0.3, 0.4) is 0 Å². The minimum absolute atomic E-state index is 0.000937. The Labute approximate surface area is 119 Å². The van der Waals surface area contributed by atoms with Gasteiger partial charge in [0, 0.05) is 12.6 Å². The normalized spacial score (nSPS) is 10.9. The Morgan fingerprint density at radius 1 is 1.24 bits per heavy atom. The minimum Gasteiger partial charge on any atom is -0.481 e. The molecule has 2 aromatic heterocycles. The summed E-state index contributed by atoms with van der Waals surface area (Å²) in [5.74, 6) is -0.857. The number of nitrogens with zero attached hydrogens (tertiary/aromatic N) is 2. The van der Waals surface area contributed by atoms with E-state index in [9.17, 15) is 9.59 Å². The second-order valence-electron chi connectivity index (χ2n) is 4.82. The highest BCUT2D eigenvalue weighted by Crippen LogP contribution is 2.20. The summed E-state index contributed by atoms with van der Waals surface area (Å²) in [6.07, 6.45) is -0.000937. The van der Waals surface area contributed by atoms with E-state index in [0.29, 0.717) is 11.2 Å². The van der Waals surface area contributed by atoms with E-state index in [1.54, 1.807) is 19.2 Å². The SMILES string of the molecule is Cn1c(=O)[nH]c2ccc(-c3ccc(CC(=O)O)cc3)nc21. The molecule has 0 fully saturated rings. The van der Waals surface area contributed by atoms with Gasteiger partial charge in [-0.05, 0) is 17.7 Å². The molecule has 0 amide bonds. The zero-order valence-electron chi connectivity index (χ0n) is 11.3. The molecule has 0 saturated heterocycles. The van der Waals surface area contributed by atoms with Crippen LogP contribution in [0.4, 0.5) is 0 Å². The van der Waals surface area contributed by atoms with E-state index in [0.717, 1.165) is 16.8 Å². The molecule has 0 saturated carbocycles. The maximum atomic E-state index is 11.5. The number of H-pyrrole nitrogens is 1. The summed E-state index contributed by atoms with van der Waals surface area (Å²) < 4.78 is 1.46. The van der Waals surface area contributed by atoms with Crippen LogP contribution < -0.4 is 5.69 Å². The van der Waals surface area contributed by atoms with Crippen molar-refractivity contribution in [1.82, 2.24) is 14.5 Å². The van der Waals surface area contributed by atoms with Crippen LogP contribution in [0.25, 0.3) is 22.4 Å². The molecule has 0 aliphatic heterocycles. The number of benzene rings is 1. The number of imidazole rings is 1. The zero-order chi connectivity index (χ0) is 15.0. The first-order valence-corrected chi connectivity index (χ1v) is 6.41. The fraction of sp³-hybridized carbons (Fsp3) is 0.133. The second kappa shape index (κ2) is 4.90. The molecule has 3 rings (SSSR count). The quantitative estimate of drug-likeness (QED) is 0.763. The summed E-state index contributed by atoms with van der Waals surface area (Å²) in [6, 6.07) is 10.8. The van der Waals surface area contributed by atoms with Gasteiger partial charge in [0.1, 0.15) is 0 Å². The van der Waals surface area contributed by atoms with Crippen LogP contribution in [0.15, 0.2) is 41.2 Å². The fourth-order valence-corrected chi connectivity index (χ4v) is 2.23. The molecule has 2 heterocycles. The molecular weight excluding hydrogens is 270 g/mol. The van der Waals surface area contributed by atoms with Crippen LogP contribution in [0.2, 0.25) is 0 Å². The number of fused-ring (bicyclic) bond motifs is 1. The molecule has 0 unspecified atom stereocenters. The third kappa shape index (κ3) is 2.43. The van der Waals surface area contributed by atoms with E-state index in [1.165, 1.54) is 4.57 Å². The summed E-state index contributed by atoms with van der Waals surface area (Å²) in [5, 5.41) is 8.76. The van der Waals surface area contributed by atoms with Crippen LogP contribution in [-0.4, -0.2) is 25.6 Å². The number of rotatable bonds is 3. The van der Waals surface area contributed by atoms with Crippen molar-refractivity contribution in [3.05, 3.63) is 52.4 Å². The van der Waals surface area contributed by atoms with Crippen LogP contribution in [0.5, 0.6) is 0 Å². The third-order valence-electron chi connectivity index (χ3n) is 3.34. The maximum absolute atomic E-state index is 11.5. The molecule has 0 atom stereocenters. The van der Waals surface area contributed by atoms with Crippen molar-refractivity contribution in [2.75, 3.05) is 0 Å². The fourth-order valence-electron chi connectivity index (χ4n) is 2.23. The number of aromatic nitrogens is 3. The highest BCUT2D eigenvalue weighted by Gasteiger charge is 2.07. The van der Waals surface area contributed by atoms with E-state index in [4.69, 9.17) is 5.11 Å². The number of hydrogen-bond donors (Lipinski definition) is 2. The molecule has 6 heteroatoms. The van der Waals surface area contributed by atoms with Crippen molar-refractivity contribution in [3.8, 4) is 11.3 Å². The number of nitrogens with one attached hydrogen (secondary N) is 1. The molecule has 106 valence electrons. The Kier molecular flexibility index (Phi) is 3.06. The van der Waals surface area contributed by atoms with Gasteiger partial charge >= 0.3 is 11.7 Å². The topological polar surface area (TPSA) is 88.0 Å². The Bertz CT molecular complexity index is 875. The highest BCUT2D eigenvalue weighted by atomic mass is 16.4. The molecule has 0 spiro atoms. The van der Waals surface area contributed by atoms with Gasteiger partial charge in [0.05, 0.1) is 17.6 Å². The lowest BCUT2D eigenvalue weighted by atomic mass is 10.1. The Balaban J connectivity index is 2.01. The molecular formula is C15H13N3O3. The summed E-state index contributed by atoms with van der Waals surface area (Å²) in [6.45, 7) is 0. The van der Waals surface area contributed by atoms with Crippen molar-refractivity contribution in [2.24, 2.45) is 7.05 Å². The monoisotopic (exact) mass is 283 g/mol. The van der Waals surface area contributed by atoms with Crippen molar-refractivity contribution in [2.45, 2.75) is 6.42 Å². The number of hydrogen-bond acceptors (Lipinski definition) is 3. The Hall–Kier alpha value is -2.89. The molecule has 1 aromatic carbocycles. The van der Waals surface area contributed by atoms with E-state index >= 15 is 0 Å². The number of carboxylic acid groups (broad SMARTS) is 1.